The second kappa shape index (κ2) is 13.9. The van der Waals surface area contributed by atoms with E-state index < -0.39 is 11.9 Å². The number of nitrogens with one attached hydrogen (secondary N) is 1. The normalized spacial score (nSPS) is 9.13. The molecule has 7 N–H and O–H groups in total. The van der Waals surface area contributed by atoms with Gasteiger partial charge in [-0.3, -0.25) is 16.8 Å². The Kier molecular flexibility index (Phi) is 13.4. The molecule has 0 unspecified atom stereocenters. The van der Waals surface area contributed by atoms with Crippen LogP contribution in [-0.4, -0.2) is 43.0 Å². The summed E-state index contributed by atoms with van der Waals surface area (Å²) in [7, 11) is 2.49. The molecule has 0 aliphatic heterocycles. The lowest BCUT2D eigenvalue weighted by molar-refractivity contribution is -0.135. The highest BCUT2D eigenvalue weighted by molar-refractivity contribution is 5.93. The minimum absolute atomic E-state index is 0.130. The molecule has 0 atom stereocenters. The Morgan fingerprint density at radius 1 is 1.39 bits per heavy atom. The van der Waals surface area contributed by atoms with Crippen molar-refractivity contribution < 1.29 is 23.8 Å². The molecule has 11 nitrogen and oxygen atoms in total. The van der Waals surface area contributed by atoms with Crippen molar-refractivity contribution in [2.45, 2.75) is 6.92 Å². The quantitative estimate of drug-likeness (QED) is 0.136. The highest BCUT2D eigenvalue weighted by Gasteiger charge is 2.10. The third-order valence-electron chi connectivity index (χ3n) is 1.97. The molecule has 0 saturated heterocycles. The minimum atomic E-state index is -0.680. The number of carbonyl (C=O) groups excluding carboxylic acids is 2. The summed E-state index contributed by atoms with van der Waals surface area (Å²) < 4.78 is 13.4. The molecule has 0 aromatic carbocycles. The SMILES string of the molecule is CCOC=C(C#N)C(=O)OC.COC(=O)c1cn[nH]c1N.NN. The number of methoxy groups -OCH3 is 2. The number of carbonyl (C=O) groups is 2. The van der Waals surface area contributed by atoms with Crippen molar-refractivity contribution in [3.8, 4) is 6.07 Å². The number of anilines is 1. The first-order valence-corrected chi connectivity index (χ1v) is 6.02. The third kappa shape index (κ3) is 8.71. The van der Waals surface area contributed by atoms with Crippen molar-refractivity contribution in [2.75, 3.05) is 26.6 Å². The van der Waals surface area contributed by atoms with E-state index in [0.717, 1.165) is 6.26 Å². The fourth-order valence-electron chi connectivity index (χ4n) is 0.965. The number of aromatic amines is 1. The second-order valence-electron chi connectivity index (χ2n) is 3.28. The van der Waals surface area contributed by atoms with Crippen LogP contribution in [0.15, 0.2) is 18.0 Å². The summed E-state index contributed by atoms with van der Waals surface area (Å²) in [5, 5.41) is 14.3. The molecule has 0 amide bonds. The van der Waals surface area contributed by atoms with Gasteiger partial charge >= 0.3 is 11.9 Å². The number of rotatable bonds is 4. The van der Waals surface area contributed by atoms with Crippen molar-refractivity contribution in [1.82, 2.24) is 10.2 Å². The Hall–Kier alpha value is -3.10. The molecule has 1 aromatic rings. The molecule has 0 radical (unpaired) electrons. The van der Waals surface area contributed by atoms with E-state index >= 15 is 0 Å². The summed E-state index contributed by atoms with van der Waals surface area (Å²) in [6, 6.07) is 1.65. The van der Waals surface area contributed by atoms with Gasteiger partial charge in [-0.1, -0.05) is 0 Å². The number of nitrogen functional groups attached to an aromatic ring is 1. The van der Waals surface area contributed by atoms with Gasteiger partial charge in [-0.25, -0.2) is 9.59 Å². The Balaban J connectivity index is 0. The zero-order valence-corrected chi connectivity index (χ0v) is 13.0. The first kappa shape index (κ1) is 22.2. The average molecular weight is 328 g/mol. The number of nitriles is 1. The molecule has 0 aliphatic rings. The molecule has 0 aliphatic carbocycles. The summed E-state index contributed by atoms with van der Waals surface area (Å²) in [5.74, 6) is 7.07. The lowest BCUT2D eigenvalue weighted by Gasteiger charge is -1.96. The van der Waals surface area contributed by atoms with Crippen molar-refractivity contribution in [1.29, 1.82) is 5.26 Å². The highest BCUT2D eigenvalue weighted by Crippen LogP contribution is 2.06. The van der Waals surface area contributed by atoms with Crippen LogP contribution < -0.4 is 17.4 Å². The van der Waals surface area contributed by atoms with Gasteiger partial charge in [0.2, 0.25) is 0 Å². The van der Waals surface area contributed by atoms with Crippen molar-refractivity contribution in [3.05, 3.63) is 23.6 Å². The van der Waals surface area contributed by atoms with Crippen molar-refractivity contribution in [2.24, 2.45) is 11.7 Å². The van der Waals surface area contributed by atoms with Gasteiger partial charge in [0.05, 0.1) is 27.0 Å². The Bertz CT molecular complexity index is 548. The average Bonchev–Trinajstić information content (AvgIpc) is 3.03. The van der Waals surface area contributed by atoms with Crippen LogP contribution in [0.1, 0.15) is 17.3 Å². The molecule has 0 saturated carbocycles. The van der Waals surface area contributed by atoms with E-state index in [0.29, 0.717) is 6.61 Å². The lowest BCUT2D eigenvalue weighted by Crippen LogP contribution is -2.03. The maximum atomic E-state index is 10.7. The molecule has 128 valence electrons. The van der Waals surface area contributed by atoms with Gasteiger partial charge in [0.25, 0.3) is 0 Å². The number of H-pyrrole nitrogens is 1. The zero-order chi connectivity index (χ0) is 18.3. The van der Waals surface area contributed by atoms with Gasteiger partial charge in [0.15, 0.2) is 5.57 Å². The fourth-order valence-corrected chi connectivity index (χ4v) is 0.965. The Labute approximate surface area is 132 Å². The zero-order valence-electron chi connectivity index (χ0n) is 13.0. The Morgan fingerprint density at radius 3 is 2.35 bits per heavy atom. The van der Waals surface area contributed by atoms with Crippen LogP contribution in [0.5, 0.6) is 0 Å². The highest BCUT2D eigenvalue weighted by atomic mass is 16.5. The van der Waals surface area contributed by atoms with Crippen LogP contribution >= 0.6 is 0 Å². The second-order valence-corrected chi connectivity index (χ2v) is 3.28. The van der Waals surface area contributed by atoms with Crippen molar-refractivity contribution in [3.63, 3.8) is 0 Å². The smallest absolute Gasteiger partial charge is 0.351 e. The van der Waals surface area contributed by atoms with Crippen LogP contribution in [0.4, 0.5) is 5.82 Å². The third-order valence-corrected chi connectivity index (χ3v) is 1.97. The maximum absolute atomic E-state index is 10.7. The summed E-state index contributed by atoms with van der Waals surface area (Å²) in [6.07, 6.45) is 2.41. The van der Waals surface area contributed by atoms with Crippen LogP contribution in [0.3, 0.4) is 0 Å². The van der Waals surface area contributed by atoms with Crippen LogP contribution in [0.2, 0.25) is 0 Å². The van der Waals surface area contributed by atoms with Crippen LogP contribution in [0.25, 0.3) is 0 Å². The van der Waals surface area contributed by atoms with E-state index in [-0.39, 0.29) is 17.0 Å². The summed E-state index contributed by atoms with van der Waals surface area (Å²) in [4.78, 5) is 21.4. The van der Waals surface area contributed by atoms with Gasteiger partial charge in [-0.2, -0.15) is 10.4 Å². The van der Waals surface area contributed by atoms with Gasteiger partial charge in [0, 0.05) is 0 Å². The van der Waals surface area contributed by atoms with Gasteiger partial charge in [0.1, 0.15) is 23.7 Å². The first-order chi connectivity index (χ1) is 11.0. The molecule has 1 aromatic heterocycles. The number of aromatic nitrogens is 2. The van der Waals surface area contributed by atoms with E-state index in [9.17, 15) is 9.59 Å². The summed E-state index contributed by atoms with van der Waals surface area (Å²) >= 11 is 0. The number of esters is 2. The van der Waals surface area contributed by atoms with E-state index in [1.54, 1.807) is 13.0 Å². The lowest BCUT2D eigenvalue weighted by atomic mass is 10.3. The van der Waals surface area contributed by atoms with Gasteiger partial charge < -0.3 is 19.9 Å². The largest absolute Gasteiger partial charge is 0.500 e. The number of ether oxygens (including phenoxy) is 3. The van der Waals surface area contributed by atoms with E-state index in [1.165, 1.54) is 20.4 Å². The number of hydrogen-bond acceptors (Lipinski definition) is 10. The van der Waals surface area contributed by atoms with Crippen LogP contribution in [0, 0.1) is 11.3 Å². The molecule has 0 fully saturated rings. The Morgan fingerprint density at radius 2 is 2.00 bits per heavy atom. The molecular weight excluding hydrogens is 308 g/mol. The molecule has 1 rings (SSSR count). The fraction of sp³-hybridized carbons (Fsp3) is 0.333. The standard InChI is InChI=1S/C7H9NO3.C5H7N3O2.H4N2/c1-3-11-5-6(4-8)7(9)10-2;1-10-5(9)3-2-7-8-4(3)6;1-2/h5H,3H2,1-2H3;2H,1H3,(H3,6,7,8);1-2H2. The number of hydrogen-bond donors (Lipinski definition) is 4. The molecular formula is C12H20N6O5. The van der Waals surface area contributed by atoms with E-state index in [1.807, 2.05) is 0 Å². The topological polar surface area (TPSA) is 192 Å². The predicted molar refractivity (Wildman–Crippen MR) is 80.1 cm³/mol. The molecule has 0 bridgehead atoms. The van der Waals surface area contributed by atoms with Gasteiger partial charge in [-0.15, -0.1) is 0 Å². The van der Waals surface area contributed by atoms with Crippen LogP contribution in [-0.2, 0) is 19.0 Å². The molecule has 1 heterocycles. The number of nitrogens with two attached hydrogens (primary N) is 3. The monoisotopic (exact) mass is 328 g/mol. The summed E-state index contributed by atoms with van der Waals surface area (Å²) in [6.45, 7) is 2.17. The molecule has 0 spiro atoms. The first-order valence-electron chi connectivity index (χ1n) is 6.02. The number of hydrazine groups is 1. The predicted octanol–water partition coefficient (Wildman–Crippen LogP) is -0.799. The maximum Gasteiger partial charge on any atom is 0.351 e. The van der Waals surface area contributed by atoms with Gasteiger partial charge in [-0.05, 0) is 6.92 Å². The number of nitrogens with zero attached hydrogens (tertiary/aromatic N) is 2. The van der Waals surface area contributed by atoms with Crippen molar-refractivity contribution >= 4 is 17.8 Å². The van der Waals surface area contributed by atoms with E-state index in [4.69, 9.17) is 15.7 Å². The molecule has 23 heavy (non-hydrogen) atoms. The van der Waals surface area contributed by atoms with E-state index in [2.05, 4.69) is 31.4 Å². The minimum Gasteiger partial charge on any atom is -0.500 e. The molecule has 11 heteroatoms. The summed E-state index contributed by atoms with van der Waals surface area (Å²) in [5.41, 5.74) is 5.43.